The van der Waals surface area contributed by atoms with Gasteiger partial charge in [0.15, 0.2) is 0 Å². The van der Waals surface area contributed by atoms with Gasteiger partial charge in [0, 0.05) is 13.1 Å². The summed E-state index contributed by atoms with van der Waals surface area (Å²) in [7, 11) is 1.99. The maximum Gasteiger partial charge on any atom is 0.146 e. The predicted molar refractivity (Wildman–Crippen MR) is 73.0 cm³/mol. The number of nitrogens with zero attached hydrogens (tertiary/aromatic N) is 3. The average Bonchev–Trinajstić information content (AvgIpc) is 2.56. The lowest BCUT2D eigenvalue weighted by atomic mass is 9.63. The third-order valence-electron chi connectivity index (χ3n) is 3.91. The van der Waals surface area contributed by atoms with Gasteiger partial charge in [-0.3, -0.25) is 0 Å². The Kier molecular flexibility index (Phi) is 3.49. The maximum atomic E-state index is 4.12. The molecule has 1 fully saturated rings. The van der Waals surface area contributed by atoms with E-state index >= 15 is 0 Å². The standard InChI is InChI=1S/C14H26N4/c1-13(2)6-11(7-14(3,4)9-13)15-8-12-17-16-10-18(12)5/h10-11,15H,6-9H2,1-5H3. The fourth-order valence-corrected chi connectivity index (χ4v) is 3.69. The second-order valence-electron chi connectivity index (χ2n) is 7.35. The molecule has 1 heterocycles. The van der Waals surface area contributed by atoms with Gasteiger partial charge in [-0.2, -0.15) is 0 Å². The van der Waals surface area contributed by atoms with Crippen LogP contribution in [-0.2, 0) is 13.6 Å². The third-order valence-corrected chi connectivity index (χ3v) is 3.91. The highest BCUT2D eigenvalue weighted by Gasteiger charge is 2.38. The van der Waals surface area contributed by atoms with Crippen LogP contribution in [0.3, 0.4) is 0 Å². The number of aryl methyl sites for hydroxylation is 1. The molecule has 0 radical (unpaired) electrons. The fourth-order valence-electron chi connectivity index (χ4n) is 3.69. The van der Waals surface area contributed by atoms with Gasteiger partial charge in [-0.25, -0.2) is 0 Å². The number of rotatable bonds is 3. The molecule has 2 rings (SSSR count). The number of aromatic nitrogens is 3. The van der Waals surface area contributed by atoms with Crippen molar-refractivity contribution in [2.75, 3.05) is 0 Å². The van der Waals surface area contributed by atoms with Crippen molar-refractivity contribution in [2.24, 2.45) is 17.9 Å². The van der Waals surface area contributed by atoms with Crippen molar-refractivity contribution in [1.29, 1.82) is 0 Å². The van der Waals surface area contributed by atoms with Crippen LogP contribution < -0.4 is 5.32 Å². The predicted octanol–water partition coefficient (Wildman–Crippen LogP) is 2.51. The molecule has 18 heavy (non-hydrogen) atoms. The van der Waals surface area contributed by atoms with Crippen LogP contribution in [0, 0.1) is 10.8 Å². The molecule has 0 atom stereocenters. The van der Waals surface area contributed by atoms with Crippen molar-refractivity contribution in [3.05, 3.63) is 12.2 Å². The molecule has 0 aromatic carbocycles. The summed E-state index contributed by atoms with van der Waals surface area (Å²) < 4.78 is 1.98. The lowest BCUT2D eigenvalue weighted by Gasteiger charge is -2.45. The van der Waals surface area contributed by atoms with E-state index in [1.807, 2.05) is 11.6 Å². The minimum atomic E-state index is 0.430. The van der Waals surface area contributed by atoms with Crippen LogP contribution in [-0.4, -0.2) is 20.8 Å². The van der Waals surface area contributed by atoms with E-state index in [-0.39, 0.29) is 0 Å². The number of hydrogen-bond donors (Lipinski definition) is 1. The molecule has 1 aliphatic rings. The van der Waals surface area contributed by atoms with E-state index in [0.717, 1.165) is 12.4 Å². The molecule has 4 nitrogen and oxygen atoms in total. The molecule has 4 heteroatoms. The maximum absolute atomic E-state index is 4.12. The Bertz CT molecular complexity index is 390. The van der Waals surface area contributed by atoms with Gasteiger partial charge in [0.05, 0.1) is 6.54 Å². The summed E-state index contributed by atoms with van der Waals surface area (Å²) in [5.41, 5.74) is 0.860. The summed E-state index contributed by atoms with van der Waals surface area (Å²) in [6, 6.07) is 0.584. The van der Waals surface area contributed by atoms with Crippen LogP contribution in [0.25, 0.3) is 0 Å². The lowest BCUT2D eigenvalue weighted by molar-refractivity contribution is 0.0841. The molecule has 0 spiro atoms. The zero-order chi connectivity index (χ0) is 13.4. The van der Waals surface area contributed by atoms with Gasteiger partial charge >= 0.3 is 0 Å². The van der Waals surface area contributed by atoms with Crippen molar-refractivity contribution in [3.8, 4) is 0 Å². The summed E-state index contributed by atoms with van der Waals surface area (Å²) in [6.45, 7) is 10.3. The molecule has 0 bridgehead atoms. The summed E-state index contributed by atoms with van der Waals surface area (Å²) >= 11 is 0. The molecular weight excluding hydrogens is 224 g/mol. The Morgan fingerprint density at radius 1 is 1.28 bits per heavy atom. The fraction of sp³-hybridized carbons (Fsp3) is 0.857. The molecule has 1 aliphatic carbocycles. The molecule has 1 N–H and O–H groups in total. The highest BCUT2D eigenvalue weighted by Crippen LogP contribution is 2.45. The lowest BCUT2D eigenvalue weighted by Crippen LogP contribution is -2.43. The molecular formula is C14H26N4. The summed E-state index contributed by atoms with van der Waals surface area (Å²) in [5.74, 6) is 1.01. The smallest absolute Gasteiger partial charge is 0.146 e. The van der Waals surface area contributed by atoms with E-state index in [0.29, 0.717) is 16.9 Å². The van der Waals surface area contributed by atoms with Crippen LogP contribution >= 0.6 is 0 Å². The molecule has 0 saturated heterocycles. The van der Waals surface area contributed by atoms with E-state index in [1.54, 1.807) is 6.33 Å². The SMILES string of the molecule is Cn1cnnc1CNC1CC(C)(C)CC(C)(C)C1. The first-order chi connectivity index (χ1) is 8.27. The van der Waals surface area contributed by atoms with Crippen molar-refractivity contribution >= 4 is 0 Å². The first-order valence-corrected chi connectivity index (χ1v) is 6.84. The van der Waals surface area contributed by atoms with Crippen LogP contribution in [0.1, 0.15) is 52.8 Å². The molecule has 0 amide bonds. The molecule has 1 aromatic rings. The Labute approximate surface area is 110 Å². The zero-order valence-corrected chi connectivity index (χ0v) is 12.3. The summed E-state index contributed by atoms with van der Waals surface area (Å²) in [4.78, 5) is 0. The van der Waals surface area contributed by atoms with E-state index in [9.17, 15) is 0 Å². The Morgan fingerprint density at radius 2 is 1.89 bits per heavy atom. The van der Waals surface area contributed by atoms with Crippen molar-refractivity contribution < 1.29 is 0 Å². The molecule has 1 aromatic heterocycles. The molecule has 102 valence electrons. The first kappa shape index (κ1) is 13.5. The van der Waals surface area contributed by atoms with Crippen LogP contribution in [0.5, 0.6) is 0 Å². The van der Waals surface area contributed by atoms with Gasteiger partial charge < -0.3 is 9.88 Å². The molecule has 0 aliphatic heterocycles. The van der Waals surface area contributed by atoms with Gasteiger partial charge in [0.25, 0.3) is 0 Å². The minimum absolute atomic E-state index is 0.430. The van der Waals surface area contributed by atoms with E-state index in [4.69, 9.17) is 0 Å². The first-order valence-electron chi connectivity index (χ1n) is 6.84. The van der Waals surface area contributed by atoms with Crippen molar-refractivity contribution in [3.63, 3.8) is 0 Å². The van der Waals surface area contributed by atoms with Crippen molar-refractivity contribution in [2.45, 2.75) is 59.5 Å². The zero-order valence-electron chi connectivity index (χ0n) is 12.3. The Hall–Kier alpha value is -0.900. The second-order valence-corrected chi connectivity index (χ2v) is 7.35. The van der Waals surface area contributed by atoms with Crippen LogP contribution in [0.4, 0.5) is 0 Å². The quantitative estimate of drug-likeness (QED) is 0.896. The van der Waals surface area contributed by atoms with Crippen LogP contribution in [0.2, 0.25) is 0 Å². The van der Waals surface area contributed by atoms with E-state index < -0.39 is 0 Å². The monoisotopic (exact) mass is 250 g/mol. The van der Waals surface area contributed by atoms with Gasteiger partial charge in [-0.05, 0) is 30.1 Å². The topological polar surface area (TPSA) is 42.7 Å². The van der Waals surface area contributed by atoms with Gasteiger partial charge in [0.1, 0.15) is 12.2 Å². The Balaban J connectivity index is 1.95. The van der Waals surface area contributed by atoms with Crippen LogP contribution in [0.15, 0.2) is 6.33 Å². The van der Waals surface area contributed by atoms with Gasteiger partial charge in [-0.1, -0.05) is 27.7 Å². The number of hydrogen-bond acceptors (Lipinski definition) is 3. The highest BCUT2D eigenvalue weighted by molar-refractivity contribution is 4.93. The normalized spacial score (nSPS) is 23.2. The number of nitrogens with one attached hydrogen (secondary N) is 1. The highest BCUT2D eigenvalue weighted by atomic mass is 15.3. The second kappa shape index (κ2) is 4.65. The largest absolute Gasteiger partial charge is 0.320 e. The third kappa shape index (κ3) is 3.31. The van der Waals surface area contributed by atoms with Gasteiger partial charge in [0.2, 0.25) is 0 Å². The van der Waals surface area contributed by atoms with E-state index in [2.05, 4.69) is 43.2 Å². The Morgan fingerprint density at radius 3 is 2.39 bits per heavy atom. The van der Waals surface area contributed by atoms with Gasteiger partial charge in [-0.15, -0.1) is 10.2 Å². The van der Waals surface area contributed by atoms with Crippen molar-refractivity contribution in [1.82, 2.24) is 20.1 Å². The average molecular weight is 250 g/mol. The summed E-state index contributed by atoms with van der Waals surface area (Å²) in [5, 5.41) is 11.7. The summed E-state index contributed by atoms with van der Waals surface area (Å²) in [6.07, 6.45) is 5.55. The van der Waals surface area contributed by atoms with E-state index in [1.165, 1.54) is 19.3 Å². The minimum Gasteiger partial charge on any atom is -0.320 e. The molecule has 1 saturated carbocycles. The molecule has 0 unspecified atom stereocenters.